The molecule has 2 fully saturated rings. The van der Waals surface area contributed by atoms with Crippen molar-refractivity contribution in [2.45, 2.75) is 63.5 Å². The smallest absolute Gasteiger partial charge is 0.0249 e. The largest absolute Gasteiger partial charge is 0.315 e. The highest BCUT2D eigenvalue weighted by Gasteiger charge is 2.28. The molecule has 1 saturated carbocycles. The fraction of sp³-hybridized carbons (Fsp3) is 1.00. The first kappa shape index (κ1) is 11.4. The molecule has 0 spiro atoms. The van der Waals surface area contributed by atoms with E-state index in [1.54, 1.807) is 0 Å². The highest BCUT2D eigenvalue weighted by molar-refractivity contribution is 4.88. The molecular weight excluding hydrogens is 184 g/mol. The molecule has 0 aromatic rings. The summed E-state index contributed by atoms with van der Waals surface area (Å²) in [6.07, 6.45) is 11.4. The molecule has 1 saturated heterocycles. The zero-order valence-electron chi connectivity index (χ0n) is 10.2. The van der Waals surface area contributed by atoms with Crippen molar-refractivity contribution < 1.29 is 0 Å². The molecule has 2 aliphatic rings. The zero-order chi connectivity index (χ0) is 10.5. The lowest BCUT2D eigenvalue weighted by Crippen LogP contribution is -2.51. The van der Waals surface area contributed by atoms with E-state index in [0.717, 1.165) is 12.1 Å². The Morgan fingerprint density at radius 3 is 2.20 bits per heavy atom. The van der Waals surface area contributed by atoms with Gasteiger partial charge in [-0.05, 0) is 45.8 Å². The Morgan fingerprint density at radius 2 is 1.53 bits per heavy atom. The molecule has 88 valence electrons. The number of nitrogens with one attached hydrogen (secondary N) is 1. The van der Waals surface area contributed by atoms with Crippen molar-refractivity contribution in [3.63, 3.8) is 0 Å². The maximum Gasteiger partial charge on any atom is 0.0249 e. The minimum atomic E-state index is 0.761. The van der Waals surface area contributed by atoms with Gasteiger partial charge in [0.2, 0.25) is 0 Å². The van der Waals surface area contributed by atoms with Crippen LogP contribution in [0.5, 0.6) is 0 Å². The van der Waals surface area contributed by atoms with E-state index in [-0.39, 0.29) is 0 Å². The first-order chi connectivity index (χ1) is 7.42. The SMILES string of the molecule is CNC1CCCCC1N1CCCCCC1. The minimum Gasteiger partial charge on any atom is -0.315 e. The summed E-state index contributed by atoms with van der Waals surface area (Å²) in [4.78, 5) is 2.77. The Hall–Kier alpha value is -0.0800. The van der Waals surface area contributed by atoms with E-state index in [0.29, 0.717) is 0 Å². The fourth-order valence-electron chi connectivity index (χ4n) is 3.31. The molecule has 0 aromatic heterocycles. The van der Waals surface area contributed by atoms with Gasteiger partial charge in [-0.25, -0.2) is 0 Å². The standard InChI is InChI=1S/C13H26N2/c1-14-12-8-4-5-9-13(12)15-10-6-2-3-7-11-15/h12-14H,2-11H2,1H3. The normalized spacial score (nSPS) is 35.0. The van der Waals surface area contributed by atoms with E-state index >= 15 is 0 Å². The van der Waals surface area contributed by atoms with Gasteiger partial charge in [0.25, 0.3) is 0 Å². The van der Waals surface area contributed by atoms with Gasteiger partial charge in [-0.15, -0.1) is 0 Å². The minimum absolute atomic E-state index is 0.761. The number of nitrogens with zero attached hydrogens (tertiary/aromatic N) is 1. The van der Waals surface area contributed by atoms with Crippen LogP contribution >= 0.6 is 0 Å². The van der Waals surface area contributed by atoms with Crippen molar-refractivity contribution in [1.82, 2.24) is 10.2 Å². The quantitative estimate of drug-likeness (QED) is 0.753. The molecule has 0 bridgehead atoms. The number of likely N-dealkylation sites (N-methyl/N-ethyl adjacent to an activating group) is 1. The average Bonchev–Trinajstić information content (AvgIpc) is 2.57. The van der Waals surface area contributed by atoms with Gasteiger partial charge < -0.3 is 5.32 Å². The zero-order valence-corrected chi connectivity index (χ0v) is 10.2. The van der Waals surface area contributed by atoms with Crippen molar-refractivity contribution in [3.8, 4) is 0 Å². The highest BCUT2D eigenvalue weighted by Crippen LogP contribution is 2.25. The van der Waals surface area contributed by atoms with Crippen LogP contribution < -0.4 is 5.32 Å². The first-order valence-corrected chi connectivity index (χ1v) is 6.83. The van der Waals surface area contributed by atoms with E-state index in [1.165, 1.54) is 64.5 Å². The lowest BCUT2D eigenvalue weighted by atomic mass is 9.89. The van der Waals surface area contributed by atoms with Gasteiger partial charge in [-0.2, -0.15) is 0 Å². The van der Waals surface area contributed by atoms with Crippen LogP contribution in [-0.2, 0) is 0 Å². The number of hydrogen-bond acceptors (Lipinski definition) is 2. The maximum atomic E-state index is 3.53. The Kier molecular flexibility index (Phi) is 4.45. The third kappa shape index (κ3) is 2.94. The lowest BCUT2D eigenvalue weighted by Gasteiger charge is -2.39. The predicted octanol–water partition coefficient (Wildman–Crippen LogP) is 2.39. The molecule has 2 unspecified atom stereocenters. The molecule has 2 atom stereocenters. The van der Waals surface area contributed by atoms with Crippen LogP contribution in [0.1, 0.15) is 51.4 Å². The average molecular weight is 210 g/mol. The molecule has 0 aromatic carbocycles. The van der Waals surface area contributed by atoms with Crippen LogP contribution in [0, 0.1) is 0 Å². The van der Waals surface area contributed by atoms with Gasteiger partial charge in [0.05, 0.1) is 0 Å². The van der Waals surface area contributed by atoms with Crippen molar-refractivity contribution in [1.29, 1.82) is 0 Å². The maximum absolute atomic E-state index is 3.53. The molecule has 1 heterocycles. The van der Waals surface area contributed by atoms with E-state index in [9.17, 15) is 0 Å². The van der Waals surface area contributed by atoms with Crippen molar-refractivity contribution in [2.75, 3.05) is 20.1 Å². The number of hydrogen-bond donors (Lipinski definition) is 1. The van der Waals surface area contributed by atoms with Crippen molar-refractivity contribution in [3.05, 3.63) is 0 Å². The van der Waals surface area contributed by atoms with Crippen LogP contribution in [-0.4, -0.2) is 37.1 Å². The molecule has 2 rings (SSSR count). The van der Waals surface area contributed by atoms with Crippen molar-refractivity contribution >= 4 is 0 Å². The molecule has 1 aliphatic heterocycles. The highest BCUT2D eigenvalue weighted by atomic mass is 15.2. The monoisotopic (exact) mass is 210 g/mol. The Labute approximate surface area is 94.4 Å². The van der Waals surface area contributed by atoms with Crippen LogP contribution in [0.2, 0.25) is 0 Å². The summed E-state index contributed by atoms with van der Waals surface area (Å²) in [5.41, 5.74) is 0. The molecule has 1 aliphatic carbocycles. The fourth-order valence-corrected chi connectivity index (χ4v) is 3.31. The molecule has 15 heavy (non-hydrogen) atoms. The van der Waals surface area contributed by atoms with Gasteiger partial charge in [0.1, 0.15) is 0 Å². The second kappa shape index (κ2) is 5.86. The van der Waals surface area contributed by atoms with Gasteiger partial charge >= 0.3 is 0 Å². The Bertz CT molecular complexity index is 173. The number of likely N-dealkylation sites (tertiary alicyclic amines) is 1. The van der Waals surface area contributed by atoms with Gasteiger partial charge in [0.15, 0.2) is 0 Å². The predicted molar refractivity (Wildman–Crippen MR) is 65.1 cm³/mol. The molecule has 1 N–H and O–H groups in total. The van der Waals surface area contributed by atoms with Gasteiger partial charge in [0, 0.05) is 12.1 Å². The van der Waals surface area contributed by atoms with E-state index in [1.807, 2.05) is 0 Å². The lowest BCUT2D eigenvalue weighted by molar-refractivity contribution is 0.129. The van der Waals surface area contributed by atoms with Gasteiger partial charge in [-0.1, -0.05) is 25.7 Å². The van der Waals surface area contributed by atoms with Crippen molar-refractivity contribution in [2.24, 2.45) is 0 Å². The van der Waals surface area contributed by atoms with Crippen LogP contribution in [0.15, 0.2) is 0 Å². The summed E-state index contributed by atoms with van der Waals surface area (Å²) < 4.78 is 0. The number of rotatable bonds is 2. The van der Waals surface area contributed by atoms with E-state index in [4.69, 9.17) is 0 Å². The molecule has 2 nitrogen and oxygen atoms in total. The molecule has 0 amide bonds. The topological polar surface area (TPSA) is 15.3 Å². The van der Waals surface area contributed by atoms with Gasteiger partial charge in [-0.3, -0.25) is 4.90 Å². The van der Waals surface area contributed by atoms with Crippen LogP contribution in [0.3, 0.4) is 0 Å². The summed E-state index contributed by atoms with van der Waals surface area (Å²) >= 11 is 0. The molecule has 2 heteroatoms. The van der Waals surface area contributed by atoms with E-state index < -0.39 is 0 Å². The molecular formula is C13H26N2. The summed E-state index contributed by atoms with van der Waals surface area (Å²) in [5.74, 6) is 0. The summed E-state index contributed by atoms with van der Waals surface area (Å²) in [5, 5.41) is 3.53. The van der Waals surface area contributed by atoms with E-state index in [2.05, 4.69) is 17.3 Å². The summed E-state index contributed by atoms with van der Waals surface area (Å²) in [7, 11) is 2.14. The third-order valence-electron chi connectivity index (χ3n) is 4.21. The van der Waals surface area contributed by atoms with Crippen LogP contribution in [0.4, 0.5) is 0 Å². The van der Waals surface area contributed by atoms with Crippen LogP contribution in [0.25, 0.3) is 0 Å². The Balaban J connectivity index is 1.92. The summed E-state index contributed by atoms with van der Waals surface area (Å²) in [6, 6.07) is 1.60. The first-order valence-electron chi connectivity index (χ1n) is 6.83. The second-order valence-corrected chi connectivity index (χ2v) is 5.20. The summed E-state index contributed by atoms with van der Waals surface area (Å²) in [6.45, 7) is 2.70. The molecule has 0 radical (unpaired) electrons. The Morgan fingerprint density at radius 1 is 0.867 bits per heavy atom. The second-order valence-electron chi connectivity index (χ2n) is 5.20. The third-order valence-corrected chi connectivity index (χ3v) is 4.21.